The number of rotatable bonds is 5. The van der Waals surface area contributed by atoms with Crippen LogP contribution in [0.15, 0.2) is 22.9 Å². The Kier molecular flexibility index (Phi) is 5.22. The highest BCUT2D eigenvalue weighted by atomic mass is 127. The number of hydrogen-bond donors (Lipinski definition) is 0. The number of carbonyl (C=O) groups is 1. The van der Waals surface area contributed by atoms with Gasteiger partial charge >= 0.3 is 5.97 Å². The summed E-state index contributed by atoms with van der Waals surface area (Å²) in [5.74, 6) is 0.928. The molecule has 1 heterocycles. The fourth-order valence-corrected chi connectivity index (χ4v) is 2.63. The Morgan fingerprint density at radius 1 is 1.43 bits per heavy atom. The van der Waals surface area contributed by atoms with Crippen molar-refractivity contribution in [3.05, 3.63) is 26.8 Å². The molecule has 0 saturated heterocycles. The van der Waals surface area contributed by atoms with E-state index in [9.17, 15) is 4.79 Å². The molecule has 0 spiro atoms. The van der Waals surface area contributed by atoms with Crippen LogP contribution in [-0.2, 0) is 9.63 Å². The first-order valence-corrected chi connectivity index (χ1v) is 7.63. The van der Waals surface area contributed by atoms with Crippen molar-refractivity contribution in [2.24, 2.45) is 5.16 Å². The van der Waals surface area contributed by atoms with Gasteiger partial charge in [0.1, 0.15) is 0 Å². The van der Waals surface area contributed by atoms with E-state index in [0.717, 1.165) is 21.3 Å². The molecular weight excluding hydrogens is 385 g/mol. The van der Waals surface area contributed by atoms with Crippen molar-refractivity contribution in [2.75, 3.05) is 13.7 Å². The zero-order valence-electron chi connectivity index (χ0n) is 12.1. The summed E-state index contributed by atoms with van der Waals surface area (Å²) < 4.78 is 12.0. The molecule has 2 rings (SSSR count). The van der Waals surface area contributed by atoms with E-state index in [1.807, 2.05) is 19.1 Å². The number of oxime groups is 1. The number of benzene rings is 1. The molecule has 0 radical (unpaired) electrons. The average Bonchev–Trinajstić information content (AvgIpc) is 2.77. The maximum atomic E-state index is 11.6. The molecule has 0 amide bonds. The van der Waals surface area contributed by atoms with Crippen LogP contribution in [0.3, 0.4) is 0 Å². The second-order valence-corrected chi connectivity index (χ2v) is 5.66. The first-order valence-electron chi connectivity index (χ1n) is 6.55. The van der Waals surface area contributed by atoms with Crippen LogP contribution in [0, 0.1) is 3.57 Å². The molecule has 0 aromatic heterocycles. The third-order valence-electron chi connectivity index (χ3n) is 2.89. The molecule has 1 aliphatic heterocycles. The van der Waals surface area contributed by atoms with Crippen LogP contribution in [0.25, 0.3) is 6.08 Å². The Bertz CT molecular complexity index is 622. The van der Waals surface area contributed by atoms with E-state index in [1.54, 1.807) is 20.1 Å². The van der Waals surface area contributed by atoms with Gasteiger partial charge in [0.05, 0.1) is 28.6 Å². The van der Waals surface area contributed by atoms with Crippen molar-refractivity contribution in [1.29, 1.82) is 0 Å². The molecule has 0 bridgehead atoms. The van der Waals surface area contributed by atoms with Gasteiger partial charge in [-0.2, -0.15) is 0 Å². The standard InChI is InChI=1S/C15H16INO4/c1-4-5-20-14-12(16)7-10(8-13(14)19-3)6-11-9(2)17-21-15(11)18/h6-8H,4-5H2,1-3H3/b11-6-. The Hall–Kier alpha value is -1.57. The minimum atomic E-state index is -0.437. The summed E-state index contributed by atoms with van der Waals surface area (Å²) in [6, 6.07) is 3.76. The molecule has 1 aromatic carbocycles. The lowest BCUT2D eigenvalue weighted by molar-refractivity contribution is -0.136. The highest BCUT2D eigenvalue weighted by molar-refractivity contribution is 14.1. The van der Waals surface area contributed by atoms with Crippen molar-refractivity contribution in [1.82, 2.24) is 0 Å². The lowest BCUT2D eigenvalue weighted by Crippen LogP contribution is -2.03. The second kappa shape index (κ2) is 6.93. The molecule has 21 heavy (non-hydrogen) atoms. The fraction of sp³-hybridized carbons (Fsp3) is 0.333. The van der Waals surface area contributed by atoms with Gasteiger partial charge in [-0.15, -0.1) is 0 Å². The van der Waals surface area contributed by atoms with E-state index in [1.165, 1.54) is 0 Å². The molecule has 1 aromatic rings. The van der Waals surface area contributed by atoms with Crippen LogP contribution in [0.1, 0.15) is 25.8 Å². The van der Waals surface area contributed by atoms with Crippen LogP contribution in [0.2, 0.25) is 0 Å². The second-order valence-electron chi connectivity index (χ2n) is 4.50. The zero-order valence-corrected chi connectivity index (χ0v) is 14.3. The van der Waals surface area contributed by atoms with Crippen molar-refractivity contribution in [3.8, 4) is 11.5 Å². The quantitative estimate of drug-likeness (QED) is 0.431. The number of hydrogen-bond acceptors (Lipinski definition) is 5. The Labute approximate surface area is 137 Å². The lowest BCUT2D eigenvalue weighted by Gasteiger charge is -2.13. The smallest absolute Gasteiger partial charge is 0.367 e. The summed E-state index contributed by atoms with van der Waals surface area (Å²) in [4.78, 5) is 16.2. The number of nitrogens with zero attached hydrogens (tertiary/aromatic N) is 1. The summed E-state index contributed by atoms with van der Waals surface area (Å²) in [6.45, 7) is 4.41. The topological polar surface area (TPSA) is 57.1 Å². The molecule has 0 saturated carbocycles. The van der Waals surface area contributed by atoms with E-state index in [2.05, 4.69) is 32.6 Å². The monoisotopic (exact) mass is 401 g/mol. The lowest BCUT2D eigenvalue weighted by atomic mass is 10.1. The molecule has 5 nitrogen and oxygen atoms in total. The summed E-state index contributed by atoms with van der Waals surface area (Å²) in [6.07, 6.45) is 2.66. The maximum absolute atomic E-state index is 11.6. The van der Waals surface area contributed by atoms with Crippen molar-refractivity contribution in [3.63, 3.8) is 0 Å². The Balaban J connectivity index is 2.38. The van der Waals surface area contributed by atoms with Gasteiger partial charge < -0.3 is 14.3 Å². The average molecular weight is 401 g/mol. The fourth-order valence-electron chi connectivity index (χ4n) is 1.85. The van der Waals surface area contributed by atoms with Gasteiger partial charge in [0.15, 0.2) is 11.5 Å². The third-order valence-corrected chi connectivity index (χ3v) is 3.69. The van der Waals surface area contributed by atoms with Crippen LogP contribution in [0.4, 0.5) is 0 Å². The third kappa shape index (κ3) is 3.55. The van der Waals surface area contributed by atoms with Gasteiger partial charge in [-0.3, -0.25) is 0 Å². The van der Waals surface area contributed by atoms with E-state index >= 15 is 0 Å². The highest BCUT2D eigenvalue weighted by Crippen LogP contribution is 2.35. The Morgan fingerprint density at radius 2 is 2.19 bits per heavy atom. The largest absolute Gasteiger partial charge is 0.493 e. The van der Waals surface area contributed by atoms with Crippen LogP contribution in [-0.4, -0.2) is 25.4 Å². The minimum Gasteiger partial charge on any atom is -0.493 e. The number of methoxy groups -OCH3 is 1. The summed E-state index contributed by atoms with van der Waals surface area (Å²) in [5, 5.41) is 3.66. The highest BCUT2D eigenvalue weighted by Gasteiger charge is 2.22. The number of carbonyl (C=O) groups excluding carboxylic acids is 1. The first kappa shape index (κ1) is 15.8. The molecular formula is C15H16INO4. The summed E-state index contributed by atoms with van der Waals surface area (Å²) in [5.41, 5.74) is 1.86. The van der Waals surface area contributed by atoms with Crippen LogP contribution < -0.4 is 9.47 Å². The van der Waals surface area contributed by atoms with E-state index < -0.39 is 5.97 Å². The van der Waals surface area contributed by atoms with E-state index in [-0.39, 0.29) is 0 Å². The minimum absolute atomic E-state index is 0.437. The molecule has 0 atom stereocenters. The predicted molar refractivity (Wildman–Crippen MR) is 88.7 cm³/mol. The Morgan fingerprint density at radius 3 is 2.76 bits per heavy atom. The van der Waals surface area contributed by atoms with Crippen molar-refractivity contribution in [2.45, 2.75) is 20.3 Å². The SMILES string of the molecule is CCCOc1c(I)cc(/C=C2\C(=O)ON=C2C)cc1OC. The van der Waals surface area contributed by atoms with Crippen molar-refractivity contribution < 1.29 is 19.1 Å². The van der Waals surface area contributed by atoms with Gasteiger partial charge in [-0.25, -0.2) is 4.79 Å². The van der Waals surface area contributed by atoms with E-state index in [0.29, 0.717) is 23.6 Å². The molecule has 0 fully saturated rings. The van der Waals surface area contributed by atoms with Gasteiger partial charge in [0.2, 0.25) is 0 Å². The van der Waals surface area contributed by atoms with E-state index in [4.69, 9.17) is 9.47 Å². The molecule has 112 valence electrons. The molecule has 6 heteroatoms. The zero-order chi connectivity index (χ0) is 15.4. The van der Waals surface area contributed by atoms with Crippen molar-refractivity contribution >= 4 is 40.3 Å². The number of halogens is 1. The van der Waals surface area contributed by atoms with Crippen LogP contribution >= 0.6 is 22.6 Å². The van der Waals surface area contributed by atoms with Gasteiger partial charge in [0.25, 0.3) is 0 Å². The van der Waals surface area contributed by atoms with Gasteiger partial charge in [0, 0.05) is 0 Å². The summed E-state index contributed by atoms with van der Waals surface area (Å²) in [7, 11) is 1.59. The van der Waals surface area contributed by atoms with Crippen LogP contribution in [0.5, 0.6) is 11.5 Å². The number of ether oxygens (including phenoxy) is 2. The molecule has 0 N–H and O–H groups in total. The molecule has 0 unspecified atom stereocenters. The predicted octanol–water partition coefficient (Wildman–Crippen LogP) is 3.40. The van der Waals surface area contributed by atoms with Gasteiger partial charge in [-0.05, 0) is 59.7 Å². The first-order chi connectivity index (χ1) is 10.1. The summed E-state index contributed by atoms with van der Waals surface area (Å²) >= 11 is 2.19. The molecule has 1 aliphatic rings. The normalized spacial score (nSPS) is 15.9. The maximum Gasteiger partial charge on any atom is 0.367 e. The van der Waals surface area contributed by atoms with Gasteiger partial charge in [-0.1, -0.05) is 12.1 Å². The molecule has 0 aliphatic carbocycles.